The van der Waals surface area contributed by atoms with Crippen molar-refractivity contribution in [3.8, 4) is 0 Å². The molecule has 2 aliphatic heterocycles. The Kier molecular flexibility index (Phi) is 11.0. The number of halogens is 1. The summed E-state index contributed by atoms with van der Waals surface area (Å²) >= 11 is 0. The molecule has 0 atom stereocenters. The van der Waals surface area contributed by atoms with Crippen LogP contribution in [0, 0.1) is 11.8 Å². The second-order valence-corrected chi connectivity index (χ2v) is 7.12. The third kappa shape index (κ3) is 7.44. The van der Waals surface area contributed by atoms with Crippen molar-refractivity contribution in [2.45, 2.75) is 26.7 Å². The largest absolute Gasteiger partial charge is 0.378 e. The van der Waals surface area contributed by atoms with Crippen molar-refractivity contribution in [3.05, 3.63) is 0 Å². The van der Waals surface area contributed by atoms with E-state index in [1.165, 1.54) is 0 Å². The van der Waals surface area contributed by atoms with Gasteiger partial charge in [-0.25, -0.2) is 0 Å². The van der Waals surface area contributed by atoms with Gasteiger partial charge in [-0.2, -0.15) is 0 Å². The molecule has 0 unspecified atom stereocenters. The van der Waals surface area contributed by atoms with E-state index in [0.29, 0.717) is 39.4 Å². The van der Waals surface area contributed by atoms with Crippen molar-refractivity contribution >= 4 is 41.8 Å². The maximum atomic E-state index is 12.6. The van der Waals surface area contributed by atoms with E-state index < -0.39 is 0 Å². The first kappa shape index (κ1) is 23.9. The molecule has 0 saturated carbocycles. The third-order valence-corrected chi connectivity index (χ3v) is 4.91. The molecule has 0 spiro atoms. The number of amides is 2. The van der Waals surface area contributed by atoms with Crippen molar-refractivity contribution < 1.29 is 14.3 Å². The lowest BCUT2D eigenvalue weighted by molar-refractivity contribution is -0.140. The van der Waals surface area contributed by atoms with Crippen LogP contribution in [0.1, 0.15) is 26.7 Å². The van der Waals surface area contributed by atoms with E-state index in [2.05, 4.69) is 20.5 Å². The summed E-state index contributed by atoms with van der Waals surface area (Å²) in [6.45, 7) is 9.32. The molecule has 2 rings (SSSR count). The fraction of sp³-hybridized carbons (Fsp3) is 0.833. The number of guanidine groups is 1. The van der Waals surface area contributed by atoms with Gasteiger partial charge in [0.1, 0.15) is 0 Å². The molecule has 27 heavy (non-hydrogen) atoms. The average molecular weight is 495 g/mol. The van der Waals surface area contributed by atoms with Crippen LogP contribution in [0.25, 0.3) is 0 Å². The molecule has 0 aromatic heterocycles. The number of aliphatic imine (C=N–C) groups is 1. The minimum atomic E-state index is -0.00246. The first-order chi connectivity index (χ1) is 12.5. The summed E-state index contributed by atoms with van der Waals surface area (Å²) in [5, 5.41) is 6.18. The molecule has 0 radical (unpaired) electrons. The van der Waals surface area contributed by atoms with Crippen LogP contribution in [0.4, 0.5) is 0 Å². The van der Waals surface area contributed by atoms with Gasteiger partial charge in [-0.3, -0.25) is 14.6 Å². The minimum absolute atomic E-state index is 0. The third-order valence-electron chi connectivity index (χ3n) is 4.91. The molecule has 2 N–H and O–H groups in total. The van der Waals surface area contributed by atoms with Crippen LogP contribution in [0.15, 0.2) is 4.99 Å². The van der Waals surface area contributed by atoms with Crippen molar-refractivity contribution in [1.29, 1.82) is 0 Å². The molecular weight excluding hydrogens is 461 g/mol. The summed E-state index contributed by atoms with van der Waals surface area (Å²) in [5.41, 5.74) is 0. The minimum Gasteiger partial charge on any atom is -0.378 e. The van der Waals surface area contributed by atoms with Crippen LogP contribution in [0.5, 0.6) is 0 Å². The molecule has 2 amide bonds. The number of morpholine rings is 1. The zero-order chi connectivity index (χ0) is 18.9. The molecule has 0 aromatic carbocycles. The quantitative estimate of drug-likeness (QED) is 0.252. The second kappa shape index (κ2) is 12.4. The number of hydrogen-bond acceptors (Lipinski definition) is 4. The number of likely N-dealkylation sites (tertiary alicyclic amines) is 1. The van der Waals surface area contributed by atoms with Crippen molar-refractivity contribution in [2.24, 2.45) is 16.8 Å². The Bertz CT molecular complexity index is 501. The fourth-order valence-corrected chi connectivity index (χ4v) is 3.28. The highest BCUT2D eigenvalue weighted by Crippen LogP contribution is 2.20. The normalized spacial score (nSPS) is 18.9. The van der Waals surface area contributed by atoms with Crippen molar-refractivity contribution in [1.82, 2.24) is 20.4 Å². The number of carbonyl (C=O) groups excluding carboxylic acids is 2. The summed E-state index contributed by atoms with van der Waals surface area (Å²) in [6, 6.07) is 0. The molecule has 2 saturated heterocycles. The zero-order valence-corrected chi connectivity index (χ0v) is 19.0. The molecule has 9 heteroatoms. The Hall–Kier alpha value is -1.10. The SMILES string of the molecule is CN=C(NCCNC(=O)C(C)C)N1CCC(C(=O)N2CCOCC2)CC1.I. The number of nitrogens with zero attached hydrogens (tertiary/aromatic N) is 3. The number of carbonyl (C=O) groups is 2. The van der Waals surface area contributed by atoms with E-state index in [-0.39, 0.29) is 47.6 Å². The smallest absolute Gasteiger partial charge is 0.225 e. The summed E-state index contributed by atoms with van der Waals surface area (Å²) in [5.74, 6) is 1.27. The average Bonchev–Trinajstić information content (AvgIpc) is 2.68. The highest BCUT2D eigenvalue weighted by molar-refractivity contribution is 14.0. The first-order valence-electron chi connectivity index (χ1n) is 9.62. The van der Waals surface area contributed by atoms with Crippen LogP contribution >= 0.6 is 24.0 Å². The lowest BCUT2D eigenvalue weighted by atomic mass is 9.95. The van der Waals surface area contributed by atoms with E-state index in [1.807, 2.05) is 18.7 Å². The molecule has 0 aromatic rings. The van der Waals surface area contributed by atoms with Crippen LogP contribution < -0.4 is 10.6 Å². The maximum absolute atomic E-state index is 12.6. The Balaban J connectivity index is 0.00000364. The number of rotatable bonds is 5. The highest BCUT2D eigenvalue weighted by atomic mass is 127. The van der Waals surface area contributed by atoms with Crippen LogP contribution in [-0.4, -0.2) is 87.1 Å². The molecule has 0 aliphatic carbocycles. The van der Waals surface area contributed by atoms with Crippen LogP contribution in [-0.2, 0) is 14.3 Å². The van der Waals surface area contributed by atoms with Gasteiger partial charge in [0.2, 0.25) is 11.8 Å². The number of piperidine rings is 1. The second-order valence-electron chi connectivity index (χ2n) is 7.12. The van der Waals surface area contributed by atoms with Gasteiger partial charge in [-0.1, -0.05) is 13.8 Å². The lowest BCUT2D eigenvalue weighted by Crippen LogP contribution is -2.50. The van der Waals surface area contributed by atoms with E-state index in [9.17, 15) is 9.59 Å². The summed E-state index contributed by atoms with van der Waals surface area (Å²) in [7, 11) is 1.76. The lowest BCUT2D eigenvalue weighted by Gasteiger charge is -2.36. The number of ether oxygens (including phenoxy) is 1. The van der Waals surface area contributed by atoms with Gasteiger partial charge in [0.15, 0.2) is 5.96 Å². The first-order valence-corrected chi connectivity index (χ1v) is 9.62. The van der Waals surface area contributed by atoms with Gasteiger partial charge >= 0.3 is 0 Å². The van der Waals surface area contributed by atoms with E-state index in [4.69, 9.17) is 4.74 Å². The van der Waals surface area contributed by atoms with Gasteiger partial charge in [0, 0.05) is 58.2 Å². The highest BCUT2D eigenvalue weighted by Gasteiger charge is 2.30. The molecule has 2 fully saturated rings. The van der Waals surface area contributed by atoms with E-state index >= 15 is 0 Å². The van der Waals surface area contributed by atoms with Crippen LogP contribution in [0.3, 0.4) is 0 Å². The van der Waals surface area contributed by atoms with Gasteiger partial charge in [-0.05, 0) is 12.8 Å². The van der Waals surface area contributed by atoms with Gasteiger partial charge in [0.05, 0.1) is 13.2 Å². The summed E-state index contributed by atoms with van der Waals surface area (Å²) < 4.78 is 5.32. The Morgan fingerprint density at radius 1 is 1.04 bits per heavy atom. The molecule has 156 valence electrons. The number of hydrogen-bond donors (Lipinski definition) is 2. The molecule has 2 heterocycles. The van der Waals surface area contributed by atoms with E-state index in [0.717, 1.165) is 31.9 Å². The molecule has 0 bridgehead atoms. The Morgan fingerprint density at radius 2 is 1.63 bits per heavy atom. The van der Waals surface area contributed by atoms with Gasteiger partial charge < -0.3 is 25.2 Å². The standard InChI is InChI=1S/C18H33N5O3.HI/c1-14(2)16(24)20-6-7-21-18(19-3)23-8-4-15(5-9-23)17(25)22-10-12-26-13-11-22;/h14-15H,4-13H2,1-3H3,(H,19,21)(H,20,24);1H. The summed E-state index contributed by atoms with van der Waals surface area (Å²) in [6.07, 6.45) is 1.70. The summed E-state index contributed by atoms with van der Waals surface area (Å²) in [4.78, 5) is 32.6. The van der Waals surface area contributed by atoms with Crippen molar-refractivity contribution in [2.75, 3.05) is 59.5 Å². The topological polar surface area (TPSA) is 86.3 Å². The van der Waals surface area contributed by atoms with Gasteiger partial charge in [0.25, 0.3) is 0 Å². The van der Waals surface area contributed by atoms with Crippen LogP contribution in [0.2, 0.25) is 0 Å². The maximum Gasteiger partial charge on any atom is 0.225 e. The van der Waals surface area contributed by atoms with Crippen molar-refractivity contribution in [3.63, 3.8) is 0 Å². The monoisotopic (exact) mass is 495 g/mol. The predicted molar refractivity (Wildman–Crippen MR) is 116 cm³/mol. The molecule has 2 aliphatic rings. The fourth-order valence-electron chi connectivity index (χ4n) is 3.28. The molecule has 8 nitrogen and oxygen atoms in total. The number of nitrogens with one attached hydrogen (secondary N) is 2. The zero-order valence-electron chi connectivity index (χ0n) is 16.7. The predicted octanol–water partition coefficient (Wildman–Crippen LogP) is 0.523. The molecular formula is C18H34IN5O3. The van der Waals surface area contributed by atoms with Gasteiger partial charge in [-0.15, -0.1) is 24.0 Å². The Morgan fingerprint density at radius 3 is 2.19 bits per heavy atom. The van der Waals surface area contributed by atoms with E-state index in [1.54, 1.807) is 7.05 Å². The Labute approximate surface area is 179 Å².